The van der Waals surface area contributed by atoms with E-state index < -0.39 is 0 Å². The number of benzene rings is 10. The maximum Gasteiger partial charge on any atom is 0.167 e. The Balaban J connectivity index is 1.13. The lowest BCUT2D eigenvalue weighted by Gasteiger charge is -2.14. The summed E-state index contributed by atoms with van der Waals surface area (Å²) < 4.78 is 9.26. The van der Waals surface area contributed by atoms with E-state index in [1.165, 1.54) is 32.3 Å². The first kappa shape index (κ1) is 34.5. The van der Waals surface area contributed by atoms with E-state index in [0.717, 1.165) is 77.2 Å². The third kappa shape index (κ3) is 5.38. The average Bonchev–Trinajstić information content (AvgIpc) is 3.88. The van der Waals surface area contributed by atoms with Crippen molar-refractivity contribution in [2.45, 2.75) is 0 Å². The van der Waals surface area contributed by atoms with Crippen molar-refractivity contribution in [1.29, 1.82) is 0 Å². The van der Waals surface area contributed by atoms with Gasteiger partial charge in [0.05, 0.1) is 16.6 Å². The predicted molar refractivity (Wildman–Crippen MR) is 256 cm³/mol. The van der Waals surface area contributed by atoms with Crippen LogP contribution in [0.3, 0.4) is 0 Å². The summed E-state index contributed by atoms with van der Waals surface area (Å²) in [5.41, 5.74) is 9.70. The fourth-order valence-corrected chi connectivity index (χ4v) is 9.45. The van der Waals surface area contributed by atoms with E-state index in [4.69, 9.17) is 19.4 Å². The second kappa shape index (κ2) is 13.6. The first-order chi connectivity index (χ1) is 30.7. The molecule has 0 radical (unpaired) electrons. The molecule has 5 heteroatoms. The van der Waals surface area contributed by atoms with E-state index in [1.54, 1.807) is 0 Å². The topological polar surface area (TPSA) is 56.7 Å². The lowest BCUT2D eigenvalue weighted by atomic mass is 10.0. The van der Waals surface area contributed by atoms with Crippen LogP contribution in [0.1, 0.15) is 0 Å². The Morgan fingerprint density at radius 3 is 1.74 bits per heavy atom. The smallest absolute Gasteiger partial charge is 0.167 e. The quantitative estimate of drug-likeness (QED) is 0.174. The monoisotopic (exact) mass is 790 g/mol. The Labute approximate surface area is 355 Å². The van der Waals surface area contributed by atoms with Crippen LogP contribution in [0.4, 0.5) is 0 Å². The van der Waals surface area contributed by atoms with Crippen molar-refractivity contribution in [3.8, 4) is 51.0 Å². The first-order valence-corrected chi connectivity index (χ1v) is 20.9. The van der Waals surface area contributed by atoms with Gasteiger partial charge in [0.25, 0.3) is 0 Å². The van der Waals surface area contributed by atoms with E-state index in [2.05, 4.69) is 193 Å². The van der Waals surface area contributed by atoms with Crippen LogP contribution in [0.15, 0.2) is 211 Å². The Morgan fingerprint density at radius 2 is 0.935 bits per heavy atom. The molecule has 0 aliphatic heterocycles. The number of hydrogen-bond donors (Lipinski definition) is 0. The van der Waals surface area contributed by atoms with Gasteiger partial charge in [0.2, 0.25) is 0 Å². The van der Waals surface area contributed by atoms with E-state index in [-0.39, 0.29) is 0 Å². The van der Waals surface area contributed by atoms with Gasteiger partial charge in [0.15, 0.2) is 17.5 Å². The highest BCUT2D eigenvalue weighted by atomic mass is 16.3. The zero-order chi connectivity index (χ0) is 40.7. The third-order valence-corrected chi connectivity index (χ3v) is 12.4. The Hall–Kier alpha value is -8.41. The molecule has 0 unspecified atom stereocenters. The predicted octanol–water partition coefficient (Wildman–Crippen LogP) is 15.0. The molecule has 0 atom stereocenters. The van der Waals surface area contributed by atoms with Crippen molar-refractivity contribution in [2.75, 3.05) is 0 Å². The summed E-state index contributed by atoms with van der Waals surface area (Å²) in [5, 5.41) is 11.4. The van der Waals surface area contributed by atoms with Gasteiger partial charge >= 0.3 is 0 Å². The Morgan fingerprint density at radius 1 is 0.339 bits per heavy atom. The number of aromatic nitrogens is 4. The highest BCUT2D eigenvalue weighted by Gasteiger charge is 2.23. The molecule has 0 N–H and O–H groups in total. The molecular formula is C57H34N4O. The van der Waals surface area contributed by atoms with Gasteiger partial charge in [-0.2, -0.15) is 0 Å². The molecule has 62 heavy (non-hydrogen) atoms. The van der Waals surface area contributed by atoms with Gasteiger partial charge in [0.1, 0.15) is 11.2 Å². The fraction of sp³-hybridized carbons (Fsp3) is 0. The second-order valence-corrected chi connectivity index (χ2v) is 16.0. The molecule has 0 bridgehead atoms. The van der Waals surface area contributed by atoms with E-state index in [9.17, 15) is 0 Å². The van der Waals surface area contributed by atoms with Gasteiger partial charge in [0, 0.05) is 43.7 Å². The Kier molecular flexibility index (Phi) is 7.54. The molecule has 0 fully saturated rings. The van der Waals surface area contributed by atoms with Crippen LogP contribution in [0.5, 0.6) is 0 Å². The third-order valence-electron chi connectivity index (χ3n) is 12.4. The lowest BCUT2D eigenvalue weighted by Crippen LogP contribution is -2.02. The zero-order valence-corrected chi connectivity index (χ0v) is 33.3. The standard InChI is InChI=1S/C57H34N4O/c1-2-13-35(14-3-1)36-25-27-39(28-26-36)55-58-56(47-23-12-19-37-15-6-8-20-43(37)47)60-57(59-55)50-34-42(33-49-45-22-10-11-24-52(45)62-54(49)50)61-51-32-41-18-5-4-17-40(41)31-48(51)46-30-29-38-16-7-9-21-44(38)53(46)61/h1-34H. The molecule has 5 nitrogen and oxygen atoms in total. The van der Waals surface area contributed by atoms with Crippen molar-refractivity contribution in [3.63, 3.8) is 0 Å². The summed E-state index contributed by atoms with van der Waals surface area (Å²) >= 11 is 0. The summed E-state index contributed by atoms with van der Waals surface area (Å²) in [5.74, 6) is 1.71. The number of nitrogens with zero attached hydrogens (tertiary/aromatic N) is 4. The highest BCUT2D eigenvalue weighted by molar-refractivity contribution is 6.21. The van der Waals surface area contributed by atoms with Gasteiger partial charge in [-0.1, -0.05) is 176 Å². The summed E-state index contributed by atoms with van der Waals surface area (Å²) in [4.78, 5) is 16.0. The van der Waals surface area contributed by atoms with Crippen molar-refractivity contribution in [2.24, 2.45) is 0 Å². The van der Waals surface area contributed by atoms with Crippen LogP contribution in [0.2, 0.25) is 0 Å². The molecule has 3 heterocycles. The molecule has 10 aromatic carbocycles. The molecule has 3 aromatic heterocycles. The van der Waals surface area contributed by atoms with Gasteiger partial charge in [-0.3, -0.25) is 0 Å². The highest BCUT2D eigenvalue weighted by Crippen LogP contribution is 2.43. The fourth-order valence-electron chi connectivity index (χ4n) is 9.45. The first-order valence-electron chi connectivity index (χ1n) is 20.9. The average molecular weight is 791 g/mol. The molecule has 0 amide bonds. The molecule has 0 aliphatic carbocycles. The number of furan rings is 1. The normalized spacial score (nSPS) is 11.9. The minimum absolute atomic E-state index is 0.534. The SMILES string of the molecule is c1ccc(-c2ccc(-c3nc(-c4cccc5ccccc45)nc(-c4cc(-n5c6cc7ccccc7cc6c6ccc7ccccc7c65)cc5c4oc4ccccc45)n3)cc2)cc1. The van der Waals surface area contributed by atoms with E-state index in [0.29, 0.717) is 17.5 Å². The largest absolute Gasteiger partial charge is 0.455 e. The number of para-hydroxylation sites is 1. The molecule has 0 saturated carbocycles. The summed E-state index contributed by atoms with van der Waals surface area (Å²) in [6.07, 6.45) is 0. The van der Waals surface area contributed by atoms with Gasteiger partial charge < -0.3 is 8.98 Å². The van der Waals surface area contributed by atoms with Crippen molar-refractivity contribution >= 4 is 76.1 Å². The van der Waals surface area contributed by atoms with Crippen LogP contribution in [-0.2, 0) is 0 Å². The molecule has 13 aromatic rings. The van der Waals surface area contributed by atoms with Crippen LogP contribution < -0.4 is 0 Å². The number of fused-ring (bicyclic) bond motifs is 10. The molecular weight excluding hydrogens is 757 g/mol. The molecule has 0 saturated heterocycles. The second-order valence-electron chi connectivity index (χ2n) is 16.0. The molecule has 13 rings (SSSR count). The number of hydrogen-bond acceptors (Lipinski definition) is 4. The van der Waals surface area contributed by atoms with Crippen molar-refractivity contribution < 1.29 is 4.42 Å². The maximum atomic E-state index is 6.83. The van der Waals surface area contributed by atoms with Crippen molar-refractivity contribution in [1.82, 2.24) is 19.5 Å². The van der Waals surface area contributed by atoms with Gasteiger partial charge in [-0.05, 0) is 68.4 Å². The Bertz CT molecular complexity index is 3910. The molecule has 288 valence electrons. The van der Waals surface area contributed by atoms with E-state index >= 15 is 0 Å². The maximum absolute atomic E-state index is 6.83. The van der Waals surface area contributed by atoms with Crippen molar-refractivity contribution in [3.05, 3.63) is 206 Å². The zero-order valence-electron chi connectivity index (χ0n) is 33.3. The van der Waals surface area contributed by atoms with Crippen LogP contribution in [0.25, 0.3) is 127 Å². The summed E-state index contributed by atoms with van der Waals surface area (Å²) in [7, 11) is 0. The minimum atomic E-state index is 0.534. The van der Waals surface area contributed by atoms with Gasteiger partial charge in [-0.15, -0.1) is 0 Å². The summed E-state index contributed by atoms with van der Waals surface area (Å²) in [6, 6.07) is 72.8. The number of rotatable bonds is 5. The van der Waals surface area contributed by atoms with Crippen LogP contribution >= 0.6 is 0 Å². The van der Waals surface area contributed by atoms with E-state index in [1.807, 2.05) is 18.2 Å². The lowest BCUT2D eigenvalue weighted by molar-refractivity contribution is 0.669. The van der Waals surface area contributed by atoms with Crippen LogP contribution in [-0.4, -0.2) is 19.5 Å². The minimum Gasteiger partial charge on any atom is -0.455 e. The molecule has 0 aliphatic rings. The summed E-state index contributed by atoms with van der Waals surface area (Å²) in [6.45, 7) is 0. The van der Waals surface area contributed by atoms with Crippen LogP contribution in [0, 0.1) is 0 Å². The molecule has 0 spiro atoms. The van der Waals surface area contributed by atoms with Gasteiger partial charge in [-0.25, -0.2) is 15.0 Å².